The van der Waals surface area contributed by atoms with Crippen LogP contribution in [0.2, 0.25) is 5.02 Å². The monoisotopic (exact) mass is 362 g/mol. The molecule has 128 valence electrons. The van der Waals surface area contributed by atoms with E-state index in [4.69, 9.17) is 16.3 Å². The molecule has 0 aliphatic heterocycles. The van der Waals surface area contributed by atoms with E-state index >= 15 is 0 Å². The highest BCUT2D eigenvalue weighted by Gasteiger charge is 2.30. The lowest BCUT2D eigenvalue weighted by atomic mass is 9.90. The van der Waals surface area contributed by atoms with E-state index < -0.39 is 0 Å². The van der Waals surface area contributed by atoms with Gasteiger partial charge in [0, 0.05) is 10.1 Å². The zero-order chi connectivity index (χ0) is 16.9. The van der Waals surface area contributed by atoms with Crippen LogP contribution in [0.25, 0.3) is 10.1 Å². The first-order valence-electron chi connectivity index (χ1n) is 8.71. The van der Waals surface area contributed by atoms with Crippen LogP contribution in [0.3, 0.4) is 0 Å². The Morgan fingerprint density at radius 1 is 1.25 bits per heavy atom. The second-order valence-electron chi connectivity index (χ2n) is 6.41. The predicted octanol–water partition coefficient (Wildman–Crippen LogP) is 6.28. The molecule has 24 heavy (non-hydrogen) atoms. The molecule has 0 fully saturated rings. The first-order valence-corrected chi connectivity index (χ1v) is 9.97. The third-order valence-electron chi connectivity index (χ3n) is 4.72. The topological polar surface area (TPSA) is 26.3 Å². The van der Waals surface area contributed by atoms with E-state index in [0.29, 0.717) is 12.5 Å². The maximum absolute atomic E-state index is 12.2. The summed E-state index contributed by atoms with van der Waals surface area (Å²) < 4.78 is 7.15. The van der Waals surface area contributed by atoms with Crippen LogP contribution in [-0.4, -0.2) is 12.4 Å². The summed E-state index contributed by atoms with van der Waals surface area (Å²) >= 11 is 7.89. The molecule has 4 heteroatoms. The molecule has 0 saturated heterocycles. The van der Waals surface area contributed by atoms with E-state index in [-0.39, 0.29) is 11.7 Å². The Bertz CT molecular complexity index is 734. The van der Waals surface area contributed by atoms with Gasteiger partial charge < -0.3 is 4.74 Å². The Hall–Kier alpha value is -1.32. The summed E-state index contributed by atoms with van der Waals surface area (Å²) in [6.45, 7) is 2.64. The van der Waals surface area contributed by atoms with Crippen molar-refractivity contribution in [3.8, 4) is 5.75 Å². The lowest BCUT2D eigenvalue weighted by Crippen LogP contribution is -2.23. The molecule has 1 aromatic carbocycles. The van der Waals surface area contributed by atoms with Crippen LogP contribution < -0.4 is 4.74 Å². The molecule has 2 aromatic rings. The molecule has 2 nitrogen and oxygen atoms in total. The Kier molecular flexibility index (Phi) is 5.96. The first-order chi connectivity index (χ1) is 11.7. The van der Waals surface area contributed by atoms with Gasteiger partial charge in [-0.3, -0.25) is 4.79 Å². The number of benzene rings is 1. The number of ether oxygens (including phenoxy) is 1. The SMILES string of the molecule is CCCCCC[C@H]1C=CC(=O)[C@@H]1COc1cccc2scc(Cl)c12. The number of carbonyl (C=O) groups is 1. The number of hydrogen-bond donors (Lipinski definition) is 0. The second kappa shape index (κ2) is 8.17. The van der Waals surface area contributed by atoms with Crippen LogP contribution in [0.4, 0.5) is 0 Å². The number of unbranched alkanes of at least 4 members (excludes halogenated alkanes) is 3. The van der Waals surface area contributed by atoms with Gasteiger partial charge in [0.2, 0.25) is 0 Å². The molecule has 1 aliphatic carbocycles. The van der Waals surface area contributed by atoms with Gasteiger partial charge in [-0.25, -0.2) is 0 Å². The van der Waals surface area contributed by atoms with Gasteiger partial charge in [0.1, 0.15) is 5.75 Å². The van der Waals surface area contributed by atoms with Gasteiger partial charge in [-0.15, -0.1) is 11.3 Å². The normalized spacial score (nSPS) is 20.2. The van der Waals surface area contributed by atoms with Crippen molar-refractivity contribution in [2.45, 2.75) is 39.0 Å². The van der Waals surface area contributed by atoms with Crippen molar-refractivity contribution in [1.82, 2.24) is 0 Å². The van der Waals surface area contributed by atoms with Gasteiger partial charge in [-0.1, -0.05) is 56.4 Å². The molecule has 0 radical (unpaired) electrons. The summed E-state index contributed by atoms with van der Waals surface area (Å²) in [5.74, 6) is 1.23. The molecule has 3 rings (SSSR count). The van der Waals surface area contributed by atoms with Crippen molar-refractivity contribution in [3.05, 3.63) is 40.8 Å². The molecule has 0 amide bonds. The lowest BCUT2D eigenvalue weighted by molar-refractivity contribution is -0.119. The molecule has 0 bridgehead atoms. The number of halogens is 1. The van der Waals surface area contributed by atoms with Crippen molar-refractivity contribution < 1.29 is 9.53 Å². The minimum absolute atomic E-state index is 0.0562. The smallest absolute Gasteiger partial charge is 0.162 e. The third-order valence-corrected chi connectivity index (χ3v) is 6.09. The highest BCUT2D eigenvalue weighted by atomic mass is 35.5. The zero-order valence-electron chi connectivity index (χ0n) is 14.0. The van der Waals surface area contributed by atoms with E-state index in [1.54, 1.807) is 17.4 Å². The Morgan fingerprint density at radius 3 is 2.96 bits per heavy atom. The molecule has 2 atom stereocenters. The Balaban J connectivity index is 1.63. The number of rotatable bonds is 8. The largest absolute Gasteiger partial charge is 0.492 e. The van der Waals surface area contributed by atoms with Gasteiger partial charge in [-0.2, -0.15) is 0 Å². The molecule has 0 spiro atoms. The van der Waals surface area contributed by atoms with Gasteiger partial charge in [0.05, 0.1) is 22.9 Å². The number of ketones is 1. The summed E-state index contributed by atoms with van der Waals surface area (Å²) in [5, 5.41) is 3.61. The summed E-state index contributed by atoms with van der Waals surface area (Å²) in [6.07, 6.45) is 9.80. The van der Waals surface area contributed by atoms with Crippen molar-refractivity contribution in [3.63, 3.8) is 0 Å². The van der Waals surface area contributed by atoms with Gasteiger partial charge >= 0.3 is 0 Å². The highest BCUT2D eigenvalue weighted by Crippen LogP contribution is 2.37. The van der Waals surface area contributed by atoms with E-state index in [1.807, 2.05) is 23.6 Å². The highest BCUT2D eigenvalue weighted by molar-refractivity contribution is 7.17. The molecule has 1 aromatic heterocycles. The first kappa shape index (κ1) is 17.5. The predicted molar refractivity (Wildman–Crippen MR) is 102 cm³/mol. The molecular formula is C20H23ClO2S. The molecule has 1 heterocycles. The zero-order valence-corrected chi connectivity index (χ0v) is 15.5. The number of allylic oxidation sites excluding steroid dienone is 2. The van der Waals surface area contributed by atoms with E-state index in [1.165, 1.54) is 25.7 Å². The van der Waals surface area contributed by atoms with Crippen LogP contribution in [0.5, 0.6) is 5.75 Å². The van der Waals surface area contributed by atoms with Gasteiger partial charge in [-0.05, 0) is 30.5 Å². The van der Waals surface area contributed by atoms with Crippen LogP contribution in [-0.2, 0) is 4.79 Å². The number of hydrogen-bond acceptors (Lipinski definition) is 3. The molecule has 1 aliphatic rings. The summed E-state index contributed by atoms with van der Waals surface area (Å²) in [4.78, 5) is 12.2. The number of fused-ring (bicyclic) bond motifs is 1. The maximum atomic E-state index is 12.2. The van der Waals surface area contributed by atoms with E-state index in [2.05, 4.69) is 13.0 Å². The Labute approximate surface area is 152 Å². The average molecular weight is 363 g/mol. The standard InChI is InChI=1S/C20H23ClO2S/c1-2-3-4-5-7-14-10-11-17(22)15(14)12-23-18-8-6-9-19-20(18)16(21)13-24-19/h6,8-11,13-15H,2-5,7,12H2,1H3/t14-,15+/m0/s1. The van der Waals surface area contributed by atoms with E-state index in [0.717, 1.165) is 27.3 Å². The van der Waals surface area contributed by atoms with Crippen molar-refractivity contribution >= 4 is 38.8 Å². The lowest BCUT2D eigenvalue weighted by Gasteiger charge is -2.19. The van der Waals surface area contributed by atoms with Crippen LogP contribution >= 0.6 is 22.9 Å². The Morgan fingerprint density at radius 2 is 2.12 bits per heavy atom. The molecule has 0 saturated carbocycles. The van der Waals surface area contributed by atoms with E-state index in [9.17, 15) is 4.79 Å². The summed E-state index contributed by atoms with van der Waals surface area (Å²) in [6, 6.07) is 5.95. The third kappa shape index (κ3) is 3.84. The van der Waals surface area contributed by atoms with Crippen molar-refractivity contribution in [2.75, 3.05) is 6.61 Å². The maximum Gasteiger partial charge on any atom is 0.162 e. The average Bonchev–Trinajstić information content (AvgIpc) is 3.14. The number of carbonyl (C=O) groups excluding carboxylic acids is 1. The van der Waals surface area contributed by atoms with Gasteiger partial charge in [0.15, 0.2) is 5.78 Å². The number of thiophene rings is 1. The van der Waals surface area contributed by atoms with Gasteiger partial charge in [0.25, 0.3) is 0 Å². The minimum Gasteiger partial charge on any atom is -0.492 e. The van der Waals surface area contributed by atoms with Crippen LogP contribution in [0, 0.1) is 11.8 Å². The van der Waals surface area contributed by atoms with Crippen molar-refractivity contribution in [1.29, 1.82) is 0 Å². The fourth-order valence-corrected chi connectivity index (χ4v) is 4.53. The summed E-state index contributed by atoms with van der Waals surface area (Å²) in [7, 11) is 0. The second-order valence-corrected chi connectivity index (χ2v) is 7.72. The van der Waals surface area contributed by atoms with Crippen LogP contribution in [0.15, 0.2) is 35.7 Å². The van der Waals surface area contributed by atoms with Crippen LogP contribution in [0.1, 0.15) is 39.0 Å². The van der Waals surface area contributed by atoms with Crippen molar-refractivity contribution in [2.24, 2.45) is 11.8 Å². The molecule has 0 N–H and O–H groups in total. The quantitative estimate of drug-likeness (QED) is 0.517. The molecular weight excluding hydrogens is 340 g/mol. The minimum atomic E-state index is -0.0562. The fraction of sp³-hybridized carbons (Fsp3) is 0.450. The molecule has 0 unspecified atom stereocenters. The summed E-state index contributed by atoms with van der Waals surface area (Å²) in [5.41, 5.74) is 0. The fourth-order valence-electron chi connectivity index (χ4n) is 3.32.